The molecule has 3 N–H and O–H groups in total. The van der Waals surface area contributed by atoms with E-state index < -0.39 is 5.82 Å². The first-order valence-corrected chi connectivity index (χ1v) is 6.94. The lowest BCUT2D eigenvalue weighted by atomic mass is 10.2. The molecule has 0 radical (unpaired) electrons. The highest BCUT2D eigenvalue weighted by Crippen LogP contribution is 2.26. The molecule has 0 spiro atoms. The number of carbonyl (C=O) groups is 1. The minimum Gasteiger partial charge on any atom is -0.484 e. The lowest BCUT2D eigenvalue weighted by Crippen LogP contribution is -2.32. The van der Waals surface area contributed by atoms with Crippen LogP contribution in [0.5, 0.6) is 5.75 Å². The van der Waals surface area contributed by atoms with Crippen molar-refractivity contribution < 1.29 is 18.4 Å². The van der Waals surface area contributed by atoms with Crippen LogP contribution in [0.3, 0.4) is 0 Å². The third kappa shape index (κ3) is 3.42. The molecule has 0 atom stereocenters. The normalized spacial score (nSPS) is 10.7. The Kier molecular flexibility index (Phi) is 4.13. The molecule has 0 fully saturated rings. The molecule has 0 bridgehead atoms. The molecule has 0 aliphatic rings. The van der Waals surface area contributed by atoms with Crippen molar-refractivity contribution >= 4 is 16.9 Å². The first-order chi connectivity index (χ1) is 11.2. The van der Waals surface area contributed by atoms with Crippen LogP contribution < -0.4 is 15.4 Å². The summed E-state index contributed by atoms with van der Waals surface area (Å²) in [4.78, 5) is 14.3. The Morgan fingerprint density at radius 2 is 2.30 bits per heavy atom. The second-order valence-corrected chi connectivity index (χ2v) is 4.88. The maximum absolute atomic E-state index is 14.1. The number of carbonyl (C=O) groups excluding carboxylic acids is 1. The van der Waals surface area contributed by atoms with Crippen LogP contribution in [0, 0.1) is 5.82 Å². The summed E-state index contributed by atoms with van der Waals surface area (Å²) < 4.78 is 24.2. The SMILES string of the molecule is CNC(=O)NCc1cc2cc(F)c(OCc3ccon3)cc2[nH]1. The van der Waals surface area contributed by atoms with Crippen LogP contribution in [0.2, 0.25) is 0 Å². The fourth-order valence-corrected chi connectivity index (χ4v) is 2.13. The van der Waals surface area contributed by atoms with Crippen molar-refractivity contribution in [1.29, 1.82) is 0 Å². The maximum atomic E-state index is 14.1. The highest BCUT2D eigenvalue weighted by molar-refractivity contribution is 5.82. The summed E-state index contributed by atoms with van der Waals surface area (Å²) in [5, 5.41) is 9.52. The molecule has 0 saturated carbocycles. The van der Waals surface area contributed by atoms with Gasteiger partial charge in [-0.05, 0) is 12.1 Å². The van der Waals surface area contributed by atoms with Crippen LogP contribution in [0.1, 0.15) is 11.4 Å². The maximum Gasteiger partial charge on any atom is 0.314 e. The van der Waals surface area contributed by atoms with Crippen molar-refractivity contribution in [3.63, 3.8) is 0 Å². The van der Waals surface area contributed by atoms with E-state index in [-0.39, 0.29) is 18.4 Å². The van der Waals surface area contributed by atoms with Gasteiger partial charge in [0.2, 0.25) is 0 Å². The smallest absolute Gasteiger partial charge is 0.314 e. The monoisotopic (exact) mass is 318 g/mol. The Labute approximate surface area is 130 Å². The van der Waals surface area contributed by atoms with Gasteiger partial charge in [-0.25, -0.2) is 9.18 Å². The van der Waals surface area contributed by atoms with Crippen molar-refractivity contribution in [3.8, 4) is 5.75 Å². The van der Waals surface area contributed by atoms with E-state index in [1.807, 2.05) is 0 Å². The van der Waals surface area contributed by atoms with Gasteiger partial charge < -0.3 is 24.9 Å². The molecule has 23 heavy (non-hydrogen) atoms. The highest BCUT2D eigenvalue weighted by atomic mass is 19.1. The van der Waals surface area contributed by atoms with Gasteiger partial charge in [0.05, 0.1) is 6.54 Å². The Morgan fingerprint density at radius 1 is 1.43 bits per heavy atom. The van der Waals surface area contributed by atoms with E-state index in [0.29, 0.717) is 17.6 Å². The fraction of sp³-hybridized carbons (Fsp3) is 0.200. The molecule has 120 valence electrons. The molecule has 7 nitrogen and oxygen atoms in total. The summed E-state index contributed by atoms with van der Waals surface area (Å²) >= 11 is 0. The van der Waals surface area contributed by atoms with E-state index in [9.17, 15) is 9.18 Å². The van der Waals surface area contributed by atoms with Gasteiger partial charge in [-0.3, -0.25) is 0 Å². The number of urea groups is 1. The molecular formula is C15H15FN4O3. The number of benzene rings is 1. The second-order valence-electron chi connectivity index (χ2n) is 4.88. The molecule has 3 rings (SSSR count). The van der Waals surface area contributed by atoms with Crippen LogP contribution >= 0.6 is 0 Å². The predicted octanol–water partition coefficient (Wildman–Crippen LogP) is 2.30. The zero-order valence-corrected chi connectivity index (χ0v) is 12.4. The zero-order valence-electron chi connectivity index (χ0n) is 12.4. The Morgan fingerprint density at radius 3 is 3.04 bits per heavy atom. The predicted molar refractivity (Wildman–Crippen MR) is 80.4 cm³/mol. The molecular weight excluding hydrogens is 303 g/mol. The third-order valence-corrected chi connectivity index (χ3v) is 3.26. The molecule has 3 aromatic rings. The minimum atomic E-state index is -0.467. The first kappa shape index (κ1) is 14.9. The highest BCUT2D eigenvalue weighted by Gasteiger charge is 2.10. The number of nitrogens with zero attached hydrogens (tertiary/aromatic N) is 1. The Hall–Kier alpha value is -3.03. The van der Waals surface area contributed by atoms with E-state index >= 15 is 0 Å². The van der Waals surface area contributed by atoms with Crippen molar-refractivity contribution in [2.24, 2.45) is 0 Å². The number of H-pyrrole nitrogens is 1. The molecule has 2 amide bonds. The lowest BCUT2D eigenvalue weighted by Gasteiger charge is -2.05. The number of aromatic nitrogens is 2. The number of rotatable bonds is 5. The minimum absolute atomic E-state index is 0.116. The van der Waals surface area contributed by atoms with Gasteiger partial charge >= 0.3 is 6.03 Å². The standard InChI is InChI=1S/C15H15FN4O3/c1-17-15(21)18-7-11-4-9-5-12(16)14(6-13(9)19-11)22-8-10-2-3-23-20-10/h2-6,19H,7-8H2,1H3,(H2,17,18,21). The van der Waals surface area contributed by atoms with Crippen molar-refractivity contribution in [1.82, 2.24) is 20.8 Å². The van der Waals surface area contributed by atoms with Crippen LogP contribution in [0.4, 0.5) is 9.18 Å². The molecule has 2 aromatic heterocycles. The van der Waals surface area contributed by atoms with Crippen LogP contribution in [0.25, 0.3) is 10.9 Å². The Balaban J connectivity index is 1.75. The van der Waals surface area contributed by atoms with Gasteiger partial charge in [0, 0.05) is 35.8 Å². The summed E-state index contributed by atoms with van der Waals surface area (Å²) in [6.45, 7) is 0.426. The van der Waals surface area contributed by atoms with Crippen LogP contribution in [-0.4, -0.2) is 23.2 Å². The van der Waals surface area contributed by atoms with Gasteiger partial charge in [-0.2, -0.15) is 0 Å². The van der Waals surface area contributed by atoms with Gasteiger partial charge in [-0.15, -0.1) is 0 Å². The molecule has 0 unspecified atom stereocenters. The number of ether oxygens (including phenoxy) is 1. The summed E-state index contributed by atoms with van der Waals surface area (Å²) in [5.74, 6) is -0.348. The molecule has 1 aromatic carbocycles. The van der Waals surface area contributed by atoms with Crippen molar-refractivity contribution in [2.45, 2.75) is 13.2 Å². The summed E-state index contributed by atoms with van der Waals surface area (Å²) in [7, 11) is 1.54. The summed E-state index contributed by atoms with van der Waals surface area (Å²) in [5.41, 5.74) is 2.05. The number of hydrogen-bond acceptors (Lipinski definition) is 4. The molecule has 0 aliphatic heterocycles. The zero-order chi connectivity index (χ0) is 16.2. The van der Waals surface area contributed by atoms with E-state index in [1.54, 1.807) is 18.2 Å². The number of amides is 2. The van der Waals surface area contributed by atoms with Crippen LogP contribution in [0.15, 0.2) is 35.1 Å². The van der Waals surface area contributed by atoms with E-state index in [0.717, 1.165) is 11.2 Å². The van der Waals surface area contributed by atoms with Crippen molar-refractivity contribution in [2.75, 3.05) is 7.05 Å². The molecule has 0 aliphatic carbocycles. The van der Waals surface area contributed by atoms with E-state index in [2.05, 4.69) is 20.8 Å². The number of fused-ring (bicyclic) bond motifs is 1. The number of hydrogen-bond donors (Lipinski definition) is 3. The number of nitrogens with one attached hydrogen (secondary N) is 3. The molecule has 0 saturated heterocycles. The first-order valence-electron chi connectivity index (χ1n) is 6.94. The third-order valence-electron chi connectivity index (χ3n) is 3.26. The largest absolute Gasteiger partial charge is 0.484 e. The molecule has 2 heterocycles. The molecule has 8 heteroatoms. The van der Waals surface area contributed by atoms with Gasteiger partial charge in [0.15, 0.2) is 11.6 Å². The van der Waals surface area contributed by atoms with Crippen molar-refractivity contribution in [3.05, 3.63) is 47.7 Å². The second kappa shape index (κ2) is 6.39. The average molecular weight is 318 g/mol. The van der Waals surface area contributed by atoms with Gasteiger partial charge in [0.25, 0.3) is 0 Å². The summed E-state index contributed by atoms with van der Waals surface area (Å²) in [6, 6.07) is 6.09. The lowest BCUT2D eigenvalue weighted by molar-refractivity contribution is 0.242. The van der Waals surface area contributed by atoms with Crippen LogP contribution in [-0.2, 0) is 13.2 Å². The van der Waals surface area contributed by atoms with Gasteiger partial charge in [0.1, 0.15) is 18.6 Å². The topological polar surface area (TPSA) is 92.2 Å². The van der Waals surface area contributed by atoms with E-state index in [1.165, 1.54) is 19.4 Å². The number of aromatic amines is 1. The fourth-order valence-electron chi connectivity index (χ4n) is 2.13. The quantitative estimate of drug-likeness (QED) is 0.673. The average Bonchev–Trinajstić information content (AvgIpc) is 3.19. The van der Waals surface area contributed by atoms with E-state index in [4.69, 9.17) is 9.26 Å². The Bertz CT molecular complexity index is 814. The summed E-state index contributed by atoms with van der Waals surface area (Å²) in [6.07, 6.45) is 1.43. The number of halogens is 1. The van der Waals surface area contributed by atoms with Gasteiger partial charge in [-0.1, -0.05) is 5.16 Å².